The van der Waals surface area contributed by atoms with E-state index in [-0.39, 0.29) is 0 Å². The summed E-state index contributed by atoms with van der Waals surface area (Å²) >= 11 is 0. The Labute approximate surface area is 106 Å². The van der Waals surface area contributed by atoms with E-state index in [2.05, 4.69) is 18.0 Å². The fourth-order valence-electron chi connectivity index (χ4n) is 2.17. The van der Waals surface area contributed by atoms with E-state index < -0.39 is 0 Å². The maximum atomic E-state index is 5.92. The number of nitrogens with zero attached hydrogens (tertiary/aromatic N) is 1. The van der Waals surface area contributed by atoms with Crippen molar-refractivity contribution in [3.05, 3.63) is 23.8 Å². The molecule has 1 aromatic carbocycles. The van der Waals surface area contributed by atoms with Crippen LogP contribution in [0.4, 0.5) is 5.82 Å². The number of hydrogen-bond donors (Lipinski definition) is 1. The maximum absolute atomic E-state index is 5.92. The number of ether oxygens (including phenoxy) is 2. The van der Waals surface area contributed by atoms with E-state index in [1.54, 1.807) is 0 Å². The van der Waals surface area contributed by atoms with E-state index in [4.69, 9.17) is 15.2 Å². The number of aryl methyl sites for hydroxylation is 1. The van der Waals surface area contributed by atoms with Gasteiger partial charge in [-0.05, 0) is 24.1 Å². The highest BCUT2D eigenvalue weighted by Gasteiger charge is 2.13. The summed E-state index contributed by atoms with van der Waals surface area (Å²) in [5.41, 5.74) is 7.84. The Kier molecular flexibility index (Phi) is 2.70. The van der Waals surface area contributed by atoms with Crippen molar-refractivity contribution >= 4 is 16.7 Å². The molecule has 3 rings (SSSR count). The quantitative estimate of drug-likeness (QED) is 0.837. The summed E-state index contributed by atoms with van der Waals surface area (Å²) < 4.78 is 11.3. The Bertz CT molecular complexity index is 596. The van der Waals surface area contributed by atoms with Crippen molar-refractivity contribution in [2.75, 3.05) is 18.9 Å². The van der Waals surface area contributed by atoms with Crippen molar-refractivity contribution in [3.8, 4) is 11.5 Å². The van der Waals surface area contributed by atoms with Gasteiger partial charge in [0.25, 0.3) is 0 Å². The molecule has 0 fully saturated rings. The Morgan fingerprint density at radius 3 is 2.61 bits per heavy atom. The van der Waals surface area contributed by atoms with Gasteiger partial charge in [0.15, 0.2) is 11.5 Å². The van der Waals surface area contributed by atoms with E-state index in [0.29, 0.717) is 19.0 Å². The number of rotatable bonds is 1. The van der Waals surface area contributed by atoms with E-state index >= 15 is 0 Å². The molecule has 94 valence electrons. The van der Waals surface area contributed by atoms with Gasteiger partial charge >= 0.3 is 0 Å². The van der Waals surface area contributed by atoms with Gasteiger partial charge in [0.05, 0.1) is 18.7 Å². The number of nitrogens with two attached hydrogens (primary N) is 1. The zero-order chi connectivity index (χ0) is 12.5. The molecule has 1 aromatic heterocycles. The molecular formula is C14H16N2O2. The highest BCUT2D eigenvalue weighted by atomic mass is 16.5. The van der Waals surface area contributed by atoms with Gasteiger partial charge in [-0.25, -0.2) is 4.98 Å². The Morgan fingerprint density at radius 1 is 1.17 bits per heavy atom. The maximum Gasteiger partial charge on any atom is 0.163 e. The highest BCUT2D eigenvalue weighted by Crippen LogP contribution is 2.34. The molecule has 0 aliphatic carbocycles. The minimum atomic E-state index is 0.597. The molecule has 0 saturated heterocycles. The summed E-state index contributed by atoms with van der Waals surface area (Å²) in [5.74, 6) is 2.16. The molecule has 0 unspecified atom stereocenters. The van der Waals surface area contributed by atoms with Crippen LogP contribution in [-0.4, -0.2) is 18.2 Å². The summed E-state index contributed by atoms with van der Waals surface area (Å²) in [6.45, 7) is 3.45. The van der Waals surface area contributed by atoms with Crippen LogP contribution in [0.1, 0.15) is 18.9 Å². The van der Waals surface area contributed by atoms with Crippen molar-refractivity contribution in [1.29, 1.82) is 0 Å². The molecule has 0 bridgehead atoms. The van der Waals surface area contributed by atoms with Gasteiger partial charge in [-0.2, -0.15) is 0 Å². The van der Waals surface area contributed by atoms with Crippen molar-refractivity contribution in [1.82, 2.24) is 4.98 Å². The fourth-order valence-corrected chi connectivity index (χ4v) is 2.17. The van der Waals surface area contributed by atoms with Gasteiger partial charge in [0, 0.05) is 17.9 Å². The number of aromatic nitrogens is 1. The van der Waals surface area contributed by atoms with Crippen LogP contribution in [0, 0.1) is 0 Å². The lowest BCUT2D eigenvalue weighted by molar-refractivity contribution is 0.297. The third-order valence-electron chi connectivity index (χ3n) is 3.18. The summed E-state index contributed by atoms with van der Waals surface area (Å²) in [5, 5.41) is 1.05. The van der Waals surface area contributed by atoms with Crippen LogP contribution in [0.25, 0.3) is 10.9 Å². The molecule has 0 saturated carbocycles. The summed E-state index contributed by atoms with van der Waals surface area (Å²) in [7, 11) is 0. The second-order valence-electron chi connectivity index (χ2n) is 4.43. The van der Waals surface area contributed by atoms with E-state index in [1.807, 2.05) is 12.1 Å². The van der Waals surface area contributed by atoms with Crippen LogP contribution in [0.15, 0.2) is 18.2 Å². The van der Waals surface area contributed by atoms with Crippen molar-refractivity contribution in [3.63, 3.8) is 0 Å². The van der Waals surface area contributed by atoms with Gasteiger partial charge in [0.2, 0.25) is 0 Å². The minimum Gasteiger partial charge on any atom is -0.490 e. The molecule has 2 aromatic rings. The number of hydrogen-bond acceptors (Lipinski definition) is 4. The van der Waals surface area contributed by atoms with Gasteiger partial charge in [0.1, 0.15) is 5.82 Å². The van der Waals surface area contributed by atoms with Crippen LogP contribution in [0.5, 0.6) is 11.5 Å². The first-order valence-corrected chi connectivity index (χ1v) is 6.26. The standard InChI is InChI=1S/C14H16N2O2/c1-2-9-6-10-7-12-13(18-5-3-4-17-12)8-11(10)16-14(9)15/h6-8H,2-5H2,1H3,(H2,15,16). The second kappa shape index (κ2) is 4.37. The van der Waals surface area contributed by atoms with Gasteiger partial charge in [-0.15, -0.1) is 0 Å². The average Bonchev–Trinajstić information content (AvgIpc) is 2.60. The lowest BCUT2D eigenvalue weighted by Crippen LogP contribution is -1.98. The number of pyridine rings is 1. The first kappa shape index (κ1) is 11.1. The Hall–Kier alpha value is -1.97. The zero-order valence-corrected chi connectivity index (χ0v) is 10.4. The SMILES string of the molecule is CCc1cc2cc3c(cc2nc1N)OCCCO3. The van der Waals surface area contributed by atoms with Crippen molar-refractivity contribution in [2.24, 2.45) is 0 Å². The highest BCUT2D eigenvalue weighted by molar-refractivity contribution is 5.85. The lowest BCUT2D eigenvalue weighted by Gasteiger charge is -2.10. The molecule has 0 radical (unpaired) electrons. The number of nitrogen functional groups attached to an aromatic ring is 1. The first-order valence-electron chi connectivity index (χ1n) is 6.26. The van der Waals surface area contributed by atoms with E-state index in [0.717, 1.165) is 40.8 Å². The molecule has 0 amide bonds. The average molecular weight is 244 g/mol. The van der Waals surface area contributed by atoms with Gasteiger partial charge < -0.3 is 15.2 Å². The van der Waals surface area contributed by atoms with Crippen LogP contribution in [0.3, 0.4) is 0 Å². The molecule has 4 heteroatoms. The molecule has 2 N–H and O–H groups in total. The normalized spacial score (nSPS) is 14.5. The van der Waals surface area contributed by atoms with Crippen LogP contribution in [0.2, 0.25) is 0 Å². The van der Waals surface area contributed by atoms with Crippen LogP contribution in [-0.2, 0) is 6.42 Å². The van der Waals surface area contributed by atoms with E-state index in [1.165, 1.54) is 0 Å². The third kappa shape index (κ3) is 1.83. The van der Waals surface area contributed by atoms with Gasteiger partial charge in [-0.1, -0.05) is 6.92 Å². The second-order valence-corrected chi connectivity index (χ2v) is 4.43. The van der Waals surface area contributed by atoms with Crippen molar-refractivity contribution < 1.29 is 9.47 Å². The van der Waals surface area contributed by atoms with Crippen LogP contribution < -0.4 is 15.2 Å². The molecule has 1 aliphatic heterocycles. The molecule has 2 heterocycles. The fraction of sp³-hybridized carbons (Fsp3) is 0.357. The van der Waals surface area contributed by atoms with Crippen LogP contribution >= 0.6 is 0 Å². The Morgan fingerprint density at radius 2 is 1.89 bits per heavy atom. The lowest BCUT2D eigenvalue weighted by atomic mass is 10.1. The molecular weight excluding hydrogens is 228 g/mol. The van der Waals surface area contributed by atoms with Gasteiger partial charge in [-0.3, -0.25) is 0 Å². The zero-order valence-electron chi connectivity index (χ0n) is 10.4. The monoisotopic (exact) mass is 244 g/mol. The summed E-state index contributed by atoms with van der Waals surface area (Å²) in [6.07, 6.45) is 1.78. The molecule has 4 nitrogen and oxygen atoms in total. The molecule has 0 atom stereocenters. The topological polar surface area (TPSA) is 57.4 Å². The summed E-state index contributed by atoms with van der Waals surface area (Å²) in [6, 6.07) is 5.97. The number of benzene rings is 1. The predicted molar refractivity (Wildman–Crippen MR) is 71.1 cm³/mol. The molecule has 0 spiro atoms. The smallest absolute Gasteiger partial charge is 0.163 e. The number of fused-ring (bicyclic) bond motifs is 2. The number of anilines is 1. The predicted octanol–water partition coefficient (Wildman–Crippen LogP) is 2.54. The first-order chi connectivity index (χ1) is 8.78. The third-order valence-corrected chi connectivity index (χ3v) is 3.18. The summed E-state index contributed by atoms with van der Waals surface area (Å²) in [4.78, 5) is 4.43. The molecule has 1 aliphatic rings. The van der Waals surface area contributed by atoms with E-state index in [9.17, 15) is 0 Å². The minimum absolute atomic E-state index is 0.597. The van der Waals surface area contributed by atoms with Crippen molar-refractivity contribution in [2.45, 2.75) is 19.8 Å². The largest absolute Gasteiger partial charge is 0.490 e. The Balaban J connectivity index is 2.19. The molecule has 18 heavy (non-hydrogen) atoms.